The van der Waals surface area contributed by atoms with Crippen molar-refractivity contribution in [1.29, 1.82) is 0 Å². The van der Waals surface area contributed by atoms with Crippen molar-refractivity contribution in [3.8, 4) is 11.1 Å². The second-order valence-electron chi connectivity index (χ2n) is 3.67. The van der Waals surface area contributed by atoms with Crippen LogP contribution >= 0.6 is 12.6 Å². The third kappa shape index (κ3) is 3.66. The van der Waals surface area contributed by atoms with Gasteiger partial charge in [-0.3, -0.25) is 4.18 Å². The smallest absolute Gasteiger partial charge is 0.270 e. The Morgan fingerprint density at radius 1 is 1.05 bits per heavy atom. The first-order valence-corrected chi connectivity index (χ1v) is 7.09. The Hall–Kier alpha value is -0.677. The molecule has 19 heavy (non-hydrogen) atoms. The molecule has 0 spiro atoms. The number of rotatable bonds is 3. The fraction of sp³-hybridized carbons (Fsp3) is 0.0769. The molecular weight excluding hydrogens is 334 g/mol. The van der Waals surface area contributed by atoms with Gasteiger partial charge in [-0.25, -0.2) is 0 Å². The quantitative estimate of drug-likeness (QED) is 0.528. The van der Waals surface area contributed by atoms with Crippen LogP contribution in [0.5, 0.6) is 0 Å². The molecule has 6 heteroatoms. The summed E-state index contributed by atoms with van der Waals surface area (Å²) in [5.41, 5.74) is 1.67. The third-order valence-electron chi connectivity index (χ3n) is 2.56. The summed E-state index contributed by atoms with van der Waals surface area (Å²) in [7, 11) is -2.53. The standard InChI is InChI=1S/C13H12O3S2.Zn/c1-16-18(14,15)11-7-8-13(17)12(9-11)10-5-3-2-4-6-10;/h2-9,17H,1H3;. The molecule has 0 heterocycles. The van der Waals surface area contributed by atoms with E-state index in [9.17, 15) is 8.42 Å². The summed E-state index contributed by atoms with van der Waals surface area (Å²) in [5.74, 6) is 0. The molecule has 0 saturated heterocycles. The molecule has 0 unspecified atom stereocenters. The van der Waals surface area contributed by atoms with Gasteiger partial charge < -0.3 is 0 Å². The van der Waals surface area contributed by atoms with E-state index in [-0.39, 0.29) is 24.4 Å². The van der Waals surface area contributed by atoms with E-state index in [0.29, 0.717) is 0 Å². The average Bonchev–Trinajstić information content (AvgIpc) is 2.40. The average molecular weight is 346 g/mol. The SMILES string of the molecule is COS(=O)(=O)c1ccc(S)c(-c2ccccc2)c1.[Zn]. The fourth-order valence-corrected chi connectivity index (χ4v) is 2.57. The zero-order valence-corrected chi connectivity index (χ0v) is 15.1. The third-order valence-corrected chi connectivity index (χ3v) is 4.22. The van der Waals surface area contributed by atoms with Crippen molar-refractivity contribution in [3.05, 3.63) is 48.5 Å². The number of benzene rings is 2. The molecule has 2 aromatic rings. The minimum Gasteiger partial charge on any atom is -0.270 e. The molecule has 0 fully saturated rings. The maximum Gasteiger partial charge on any atom is 0.296 e. The molecule has 0 aliphatic heterocycles. The molecule has 2 rings (SSSR count). The summed E-state index contributed by atoms with van der Waals surface area (Å²) >= 11 is 4.35. The monoisotopic (exact) mass is 344 g/mol. The van der Waals surface area contributed by atoms with E-state index in [1.807, 2.05) is 30.3 Å². The van der Waals surface area contributed by atoms with E-state index >= 15 is 0 Å². The predicted molar refractivity (Wildman–Crippen MR) is 73.3 cm³/mol. The Labute approximate surface area is 131 Å². The number of hydrogen-bond acceptors (Lipinski definition) is 4. The molecular formula is C13H12O3S2Zn. The summed E-state index contributed by atoms with van der Waals surface area (Å²) in [4.78, 5) is 0.845. The van der Waals surface area contributed by atoms with Crippen LogP contribution in [0.2, 0.25) is 0 Å². The summed E-state index contributed by atoms with van der Waals surface area (Å²) in [6.07, 6.45) is 0. The van der Waals surface area contributed by atoms with Gasteiger partial charge in [0.2, 0.25) is 0 Å². The van der Waals surface area contributed by atoms with Crippen LogP contribution in [-0.2, 0) is 33.8 Å². The van der Waals surface area contributed by atoms with Crippen LogP contribution in [0.1, 0.15) is 0 Å². The van der Waals surface area contributed by atoms with E-state index in [1.165, 1.54) is 6.07 Å². The molecule has 0 aliphatic rings. The van der Waals surface area contributed by atoms with Gasteiger partial charge in [0, 0.05) is 24.4 Å². The molecule has 0 bridgehead atoms. The first-order chi connectivity index (χ1) is 8.54. The topological polar surface area (TPSA) is 43.4 Å². The molecule has 0 amide bonds. The van der Waals surface area contributed by atoms with E-state index in [1.54, 1.807) is 12.1 Å². The Bertz CT molecular complexity index is 655. The van der Waals surface area contributed by atoms with Crippen LogP contribution in [-0.4, -0.2) is 15.5 Å². The van der Waals surface area contributed by atoms with Crippen molar-refractivity contribution >= 4 is 22.7 Å². The Balaban J connectivity index is 0.00000180. The summed E-state index contributed by atoms with van der Waals surface area (Å²) in [6.45, 7) is 0. The minimum absolute atomic E-state index is 0. The van der Waals surface area contributed by atoms with E-state index in [4.69, 9.17) is 0 Å². The second kappa shape index (κ2) is 6.66. The van der Waals surface area contributed by atoms with Crippen molar-refractivity contribution in [2.45, 2.75) is 9.79 Å². The van der Waals surface area contributed by atoms with Crippen LogP contribution in [0.25, 0.3) is 11.1 Å². The Morgan fingerprint density at radius 2 is 1.68 bits per heavy atom. The van der Waals surface area contributed by atoms with Gasteiger partial charge in [0.15, 0.2) is 0 Å². The van der Waals surface area contributed by atoms with Crippen molar-refractivity contribution in [3.63, 3.8) is 0 Å². The molecule has 3 nitrogen and oxygen atoms in total. The maximum atomic E-state index is 11.6. The molecule has 0 saturated carbocycles. The van der Waals surface area contributed by atoms with Gasteiger partial charge in [-0.05, 0) is 29.3 Å². The van der Waals surface area contributed by atoms with Crippen molar-refractivity contribution in [2.24, 2.45) is 0 Å². The first-order valence-electron chi connectivity index (χ1n) is 5.23. The van der Waals surface area contributed by atoms with Gasteiger partial charge >= 0.3 is 0 Å². The van der Waals surface area contributed by atoms with Crippen LogP contribution in [0.3, 0.4) is 0 Å². The summed E-state index contributed by atoms with van der Waals surface area (Å²) < 4.78 is 27.8. The summed E-state index contributed by atoms with van der Waals surface area (Å²) in [5, 5.41) is 0. The van der Waals surface area contributed by atoms with Crippen molar-refractivity contribution in [2.75, 3.05) is 7.11 Å². The Kier molecular flexibility index (Phi) is 5.74. The van der Waals surface area contributed by atoms with Gasteiger partial charge in [0.05, 0.1) is 12.0 Å². The van der Waals surface area contributed by atoms with Gasteiger partial charge in [-0.15, -0.1) is 12.6 Å². The van der Waals surface area contributed by atoms with Gasteiger partial charge in [-0.2, -0.15) is 8.42 Å². The van der Waals surface area contributed by atoms with Gasteiger partial charge in [0.25, 0.3) is 10.1 Å². The van der Waals surface area contributed by atoms with E-state index in [0.717, 1.165) is 23.1 Å². The molecule has 0 aliphatic carbocycles. The molecule has 96 valence electrons. The largest absolute Gasteiger partial charge is 0.296 e. The normalized spacial score (nSPS) is 10.8. The van der Waals surface area contributed by atoms with Crippen molar-refractivity contribution in [1.82, 2.24) is 0 Å². The molecule has 2 aromatic carbocycles. The van der Waals surface area contributed by atoms with Crippen LogP contribution in [0.4, 0.5) is 0 Å². The first kappa shape index (κ1) is 16.4. The summed E-state index contributed by atoms with van der Waals surface area (Å²) in [6, 6.07) is 14.2. The van der Waals surface area contributed by atoms with Crippen LogP contribution in [0.15, 0.2) is 58.3 Å². The molecule has 0 radical (unpaired) electrons. The van der Waals surface area contributed by atoms with Gasteiger partial charge in [0.1, 0.15) is 0 Å². The maximum absolute atomic E-state index is 11.6. The minimum atomic E-state index is -3.68. The number of hydrogen-bond donors (Lipinski definition) is 1. The van der Waals surface area contributed by atoms with Gasteiger partial charge in [-0.1, -0.05) is 30.3 Å². The number of thiol groups is 1. The zero-order chi connectivity index (χ0) is 13.2. The molecule has 0 atom stereocenters. The zero-order valence-electron chi connectivity index (χ0n) is 10.4. The fourth-order valence-electron chi connectivity index (χ4n) is 1.62. The molecule has 0 aromatic heterocycles. The van der Waals surface area contributed by atoms with Crippen molar-refractivity contribution < 1.29 is 32.1 Å². The van der Waals surface area contributed by atoms with Crippen LogP contribution < -0.4 is 0 Å². The van der Waals surface area contributed by atoms with Crippen LogP contribution in [0, 0.1) is 0 Å². The van der Waals surface area contributed by atoms with E-state index < -0.39 is 10.1 Å². The predicted octanol–water partition coefficient (Wildman–Crippen LogP) is 2.97. The van der Waals surface area contributed by atoms with E-state index in [2.05, 4.69) is 16.8 Å². The second-order valence-corrected chi connectivity index (χ2v) is 5.86. The molecule has 0 N–H and O–H groups in total. The Morgan fingerprint density at radius 3 is 2.26 bits per heavy atom.